The van der Waals surface area contributed by atoms with Crippen LogP contribution in [0.15, 0.2) is 17.4 Å². The lowest BCUT2D eigenvalue weighted by Gasteiger charge is -2.35. The molecule has 0 saturated carbocycles. The van der Waals surface area contributed by atoms with E-state index in [9.17, 15) is 9.59 Å². The van der Waals surface area contributed by atoms with Gasteiger partial charge in [0.1, 0.15) is 12.1 Å². The summed E-state index contributed by atoms with van der Waals surface area (Å²) in [6, 6.07) is 0. The standard InChI is InChI=1S/C20H35N7O3.HI/c1-15(12-24(6)19(29)30-20(2,3)4)10-22-18(21-5)26-8-9-27(17(28)14-26)16-11-23-25(7)13-16;/h11,13,15H,8-10,12,14H2,1-7H3,(H,21,22);1H. The van der Waals surface area contributed by atoms with Crippen molar-refractivity contribution in [2.75, 3.05) is 51.7 Å². The molecule has 0 radical (unpaired) electrons. The van der Waals surface area contributed by atoms with Gasteiger partial charge in [-0.2, -0.15) is 5.10 Å². The number of amides is 2. The number of aromatic nitrogens is 2. The molecular formula is C20H36IN7O3. The van der Waals surface area contributed by atoms with Crippen molar-refractivity contribution in [3.8, 4) is 0 Å². The van der Waals surface area contributed by atoms with Crippen LogP contribution in [0.5, 0.6) is 0 Å². The highest BCUT2D eigenvalue weighted by molar-refractivity contribution is 14.0. The fourth-order valence-corrected chi connectivity index (χ4v) is 3.22. The van der Waals surface area contributed by atoms with Crippen molar-refractivity contribution in [1.29, 1.82) is 0 Å². The molecule has 1 aromatic rings. The van der Waals surface area contributed by atoms with Crippen LogP contribution in [-0.2, 0) is 16.6 Å². The molecule has 0 aromatic carbocycles. The molecule has 0 aliphatic carbocycles. The molecule has 1 saturated heterocycles. The number of halogens is 1. The van der Waals surface area contributed by atoms with Gasteiger partial charge in [0, 0.05) is 53.5 Å². The summed E-state index contributed by atoms with van der Waals surface area (Å²) in [4.78, 5) is 34.3. The molecule has 2 heterocycles. The van der Waals surface area contributed by atoms with Gasteiger partial charge in [0.25, 0.3) is 0 Å². The van der Waals surface area contributed by atoms with E-state index in [0.717, 1.165) is 5.69 Å². The monoisotopic (exact) mass is 549 g/mol. The Balaban J connectivity index is 0.00000480. The summed E-state index contributed by atoms with van der Waals surface area (Å²) in [6.45, 7) is 10.3. The van der Waals surface area contributed by atoms with Crippen molar-refractivity contribution in [3.05, 3.63) is 12.4 Å². The van der Waals surface area contributed by atoms with Crippen molar-refractivity contribution >= 4 is 47.6 Å². The van der Waals surface area contributed by atoms with Crippen molar-refractivity contribution < 1.29 is 14.3 Å². The minimum atomic E-state index is -0.515. The van der Waals surface area contributed by atoms with E-state index in [1.54, 1.807) is 34.8 Å². The number of carbonyl (C=O) groups excluding carboxylic acids is 2. The van der Waals surface area contributed by atoms with E-state index in [2.05, 4.69) is 15.4 Å². The van der Waals surface area contributed by atoms with Gasteiger partial charge in [0.2, 0.25) is 5.91 Å². The zero-order valence-corrected chi connectivity index (χ0v) is 21.9. The number of nitrogens with one attached hydrogen (secondary N) is 1. The molecule has 11 heteroatoms. The molecule has 1 N–H and O–H groups in total. The van der Waals surface area contributed by atoms with Crippen LogP contribution >= 0.6 is 24.0 Å². The average Bonchev–Trinajstić information content (AvgIpc) is 3.07. The van der Waals surface area contributed by atoms with Crippen LogP contribution < -0.4 is 10.2 Å². The fourth-order valence-electron chi connectivity index (χ4n) is 3.22. The highest BCUT2D eigenvalue weighted by atomic mass is 127. The van der Waals surface area contributed by atoms with Crippen LogP contribution in [-0.4, -0.2) is 90.0 Å². The number of guanidine groups is 1. The van der Waals surface area contributed by atoms with Gasteiger partial charge in [-0.05, 0) is 26.7 Å². The Morgan fingerprint density at radius 3 is 2.58 bits per heavy atom. The summed E-state index contributed by atoms with van der Waals surface area (Å²) >= 11 is 0. The molecule has 2 amide bonds. The SMILES string of the molecule is CN=C(NCC(C)CN(C)C(=O)OC(C)(C)C)N1CCN(c2cnn(C)c2)C(=O)C1.I. The predicted molar refractivity (Wildman–Crippen MR) is 132 cm³/mol. The Kier molecular flexibility index (Phi) is 10.0. The molecule has 2 rings (SSSR count). The van der Waals surface area contributed by atoms with Crippen molar-refractivity contribution in [2.24, 2.45) is 18.0 Å². The predicted octanol–water partition coefficient (Wildman–Crippen LogP) is 1.77. The number of aryl methyl sites for hydroxylation is 1. The van der Waals surface area contributed by atoms with Crippen LogP contribution in [0.25, 0.3) is 0 Å². The van der Waals surface area contributed by atoms with Gasteiger partial charge in [-0.25, -0.2) is 4.79 Å². The summed E-state index contributed by atoms with van der Waals surface area (Å²) in [5.41, 5.74) is 0.295. The quantitative estimate of drug-likeness (QED) is 0.342. The summed E-state index contributed by atoms with van der Waals surface area (Å²) in [5.74, 6) is 0.863. The third-order valence-corrected chi connectivity index (χ3v) is 4.63. The lowest BCUT2D eigenvalue weighted by Crippen LogP contribution is -2.56. The van der Waals surface area contributed by atoms with Gasteiger partial charge in [-0.15, -0.1) is 24.0 Å². The minimum Gasteiger partial charge on any atom is -0.444 e. The zero-order chi connectivity index (χ0) is 22.5. The second kappa shape index (κ2) is 11.5. The summed E-state index contributed by atoms with van der Waals surface area (Å²) in [6.07, 6.45) is 3.20. The summed E-state index contributed by atoms with van der Waals surface area (Å²) in [5, 5.41) is 7.46. The van der Waals surface area contributed by atoms with Gasteiger partial charge < -0.3 is 24.8 Å². The number of nitrogens with zero attached hydrogens (tertiary/aromatic N) is 6. The maximum atomic E-state index is 12.6. The maximum absolute atomic E-state index is 12.6. The largest absolute Gasteiger partial charge is 0.444 e. The lowest BCUT2D eigenvalue weighted by molar-refractivity contribution is -0.120. The van der Waals surface area contributed by atoms with E-state index in [1.807, 2.05) is 45.8 Å². The molecule has 0 bridgehead atoms. The van der Waals surface area contributed by atoms with Gasteiger partial charge in [-0.3, -0.25) is 14.5 Å². The molecule has 0 spiro atoms. The number of piperazine rings is 1. The van der Waals surface area contributed by atoms with Crippen molar-refractivity contribution in [3.63, 3.8) is 0 Å². The van der Waals surface area contributed by atoms with Crippen LogP contribution in [0.3, 0.4) is 0 Å². The first-order valence-electron chi connectivity index (χ1n) is 10.2. The van der Waals surface area contributed by atoms with Crippen molar-refractivity contribution in [1.82, 2.24) is 24.9 Å². The summed E-state index contributed by atoms with van der Waals surface area (Å²) in [7, 11) is 5.27. The Hall–Kier alpha value is -2.05. The second-order valence-corrected chi connectivity index (χ2v) is 8.73. The molecule has 31 heavy (non-hydrogen) atoms. The maximum Gasteiger partial charge on any atom is 0.410 e. The van der Waals surface area contributed by atoms with Gasteiger partial charge in [0.15, 0.2) is 5.96 Å². The highest BCUT2D eigenvalue weighted by Crippen LogP contribution is 2.16. The molecule has 1 aromatic heterocycles. The average molecular weight is 549 g/mol. The molecule has 1 aliphatic rings. The van der Waals surface area contributed by atoms with E-state index in [1.165, 1.54) is 0 Å². The molecule has 1 aliphatic heterocycles. The first-order valence-corrected chi connectivity index (χ1v) is 10.2. The minimum absolute atomic E-state index is 0. The van der Waals surface area contributed by atoms with Crippen LogP contribution in [0.1, 0.15) is 27.7 Å². The molecule has 176 valence electrons. The topological polar surface area (TPSA) is 95.3 Å². The number of hydrogen-bond donors (Lipinski definition) is 1. The highest BCUT2D eigenvalue weighted by Gasteiger charge is 2.28. The Labute approximate surface area is 202 Å². The van der Waals surface area contributed by atoms with Crippen LogP contribution in [0, 0.1) is 5.92 Å². The lowest BCUT2D eigenvalue weighted by atomic mass is 10.1. The Bertz CT molecular complexity index is 775. The molecule has 10 nitrogen and oxygen atoms in total. The van der Waals surface area contributed by atoms with E-state index in [4.69, 9.17) is 4.74 Å². The second-order valence-electron chi connectivity index (χ2n) is 8.73. The van der Waals surface area contributed by atoms with Gasteiger partial charge >= 0.3 is 6.09 Å². The number of rotatable bonds is 5. The fraction of sp³-hybridized carbons (Fsp3) is 0.700. The third-order valence-electron chi connectivity index (χ3n) is 4.63. The first-order chi connectivity index (χ1) is 14.0. The Morgan fingerprint density at radius 1 is 1.39 bits per heavy atom. The van der Waals surface area contributed by atoms with Gasteiger partial charge in [-0.1, -0.05) is 6.92 Å². The molecule has 1 atom stereocenters. The van der Waals surface area contributed by atoms with E-state index in [-0.39, 0.29) is 48.4 Å². The van der Waals surface area contributed by atoms with E-state index in [0.29, 0.717) is 32.1 Å². The zero-order valence-electron chi connectivity index (χ0n) is 19.6. The van der Waals surface area contributed by atoms with Gasteiger partial charge in [0.05, 0.1) is 11.9 Å². The Morgan fingerprint density at radius 2 is 2.06 bits per heavy atom. The number of hydrogen-bond acceptors (Lipinski definition) is 5. The third kappa shape index (κ3) is 8.19. The first kappa shape index (κ1) is 27.0. The number of aliphatic imine (C=N–C) groups is 1. The molecular weight excluding hydrogens is 513 g/mol. The number of ether oxygens (including phenoxy) is 1. The van der Waals surface area contributed by atoms with Crippen molar-refractivity contribution in [2.45, 2.75) is 33.3 Å². The smallest absolute Gasteiger partial charge is 0.410 e. The van der Waals surface area contributed by atoms with E-state index >= 15 is 0 Å². The normalized spacial score (nSPS) is 16.0. The number of anilines is 1. The molecule has 1 unspecified atom stereocenters. The number of carbonyl (C=O) groups is 2. The molecule has 1 fully saturated rings. The van der Waals surface area contributed by atoms with Crippen LogP contribution in [0.4, 0.5) is 10.5 Å². The summed E-state index contributed by atoms with van der Waals surface area (Å²) < 4.78 is 7.07. The van der Waals surface area contributed by atoms with E-state index < -0.39 is 5.60 Å². The van der Waals surface area contributed by atoms with Crippen LogP contribution in [0.2, 0.25) is 0 Å².